The van der Waals surface area contributed by atoms with Crippen LogP contribution in [0.3, 0.4) is 0 Å². The van der Waals surface area contributed by atoms with Gasteiger partial charge in [-0.1, -0.05) is 0 Å². The van der Waals surface area contributed by atoms with Crippen molar-refractivity contribution in [2.24, 2.45) is 5.92 Å². The van der Waals surface area contributed by atoms with Crippen LogP contribution >= 0.6 is 0 Å². The largest absolute Gasteiger partial charge is 0.392 e. The summed E-state index contributed by atoms with van der Waals surface area (Å²) in [5.74, 6) is -0.415. The second kappa shape index (κ2) is 4.53. The van der Waals surface area contributed by atoms with Gasteiger partial charge in [0, 0.05) is 20.1 Å². The minimum Gasteiger partial charge on any atom is -0.392 e. The molecule has 1 heterocycles. The predicted octanol–water partition coefficient (Wildman–Crippen LogP) is 0.227. The van der Waals surface area contributed by atoms with Crippen molar-refractivity contribution in [3.63, 3.8) is 0 Å². The minimum absolute atomic E-state index is 0.0328. The van der Waals surface area contributed by atoms with Crippen molar-refractivity contribution in [1.29, 1.82) is 0 Å². The van der Waals surface area contributed by atoms with Gasteiger partial charge in [-0.15, -0.1) is 0 Å². The minimum atomic E-state index is -0.799. The summed E-state index contributed by atoms with van der Waals surface area (Å²) in [7, 11) is 1.76. The molecule has 1 saturated heterocycles. The highest BCUT2D eigenvalue weighted by Gasteiger charge is 2.46. The summed E-state index contributed by atoms with van der Waals surface area (Å²) in [6.07, 6.45) is 1.78. The van der Waals surface area contributed by atoms with Crippen molar-refractivity contribution >= 4 is 11.8 Å². The van der Waals surface area contributed by atoms with Crippen LogP contribution in [0.4, 0.5) is 0 Å². The average molecular weight is 254 g/mol. The second-order valence-corrected chi connectivity index (χ2v) is 5.88. The molecule has 0 radical (unpaired) electrons. The van der Waals surface area contributed by atoms with Gasteiger partial charge in [-0.3, -0.25) is 9.59 Å². The van der Waals surface area contributed by atoms with Gasteiger partial charge in [0.25, 0.3) is 0 Å². The van der Waals surface area contributed by atoms with Gasteiger partial charge < -0.3 is 14.9 Å². The Labute approximate surface area is 108 Å². The number of hydrogen-bond donors (Lipinski definition) is 1. The van der Waals surface area contributed by atoms with Crippen molar-refractivity contribution in [1.82, 2.24) is 9.80 Å². The number of likely N-dealkylation sites (N-methyl/N-ethyl adjacent to an activating group) is 1. The van der Waals surface area contributed by atoms with Gasteiger partial charge in [0.2, 0.25) is 11.8 Å². The Bertz CT molecular complexity index is 367. The fourth-order valence-corrected chi connectivity index (χ4v) is 3.03. The molecule has 1 saturated carbocycles. The van der Waals surface area contributed by atoms with Crippen LogP contribution in [0.2, 0.25) is 0 Å². The zero-order chi connectivity index (χ0) is 13.5. The van der Waals surface area contributed by atoms with E-state index in [1.807, 2.05) is 0 Å². The lowest BCUT2D eigenvalue weighted by Crippen LogP contribution is -2.64. The Morgan fingerprint density at radius 3 is 2.56 bits per heavy atom. The number of nitrogens with zero attached hydrogens (tertiary/aromatic N) is 2. The number of aliphatic hydroxyl groups is 1. The third-order valence-electron chi connectivity index (χ3n) is 4.27. The first kappa shape index (κ1) is 13.3. The van der Waals surface area contributed by atoms with Crippen LogP contribution in [0.25, 0.3) is 0 Å². The van der Waals surface area contributed by atoms with Crippen LogP contribution in [-0.4, -0.2) is 58.5 Å². The molecule has 0 bridgehead atoms. The molecule has 1 aliphatic carbocycles. The van der Waals surface area contributed by atoms with E-state index in [-0.39, 0.29) is 17.7 Å². The fraction of sp³-hybridized carbons (Fsp3) is 0.846. The Morgan fingerprint density at radius 1 is 1.33 bits per heavy atom. The van der Waals surface area contributed by atoms with Gasteiger partial charge in [0.1, 0.15) is 5.54 Å². The SMILES string of the molecule is CN1CCN(C(=O)C2CCCC2O)C(C)(C)C1=O. The number of amides is 2. The molecule has 0 aromatic rings. The molecule has 5 heteroatoms. The van der Waals surface area contributed by atoms with Crippen molar-refractivity contribution in [3.05, 3.63) is 0 Å². The van der Waals surface area contributed by atoms with E-state index in [2.05, 4.69) is 0 Å². The summed E-state index contributed by atoms with van der Waals surface area (Å²) in [6.45, 7) is 4.68. The Kier molecular flexibility index (Phi) is 3.36. The lowest BCUT2D eigenvalue weighted by atomic mass is 9.94. The maximum atomic E-state index is 12.5. The average Bonchev–Trinajstić information content (AvgIpc) is 2.72. The van der Waals surface area contributed by atoms with Gasteiger partial charge in [-0.05, 0) is 33.1 Å². The first-order valence-corrected chi connectivity index (χ1v) is 6.61. The van der Waals surface area contributed by atoms with E-state index < -0.39 is 11.6 Å². The first-order chi connectivity index (χ1) is 8.35. The van der Waals surface area contributed by atoms with Crippen LogP contribution in [0.5, 0.6) is 0 Å². The van der Waals surface area contributed by atoms with Crippen LogP contribution in [-0.2, 0) is 9.59 Å². The molecule has 2 rings (SSSR count). The summed E-state index contributed by atoms with van der Waals surface area (Å²) in [4.78, 5) is 27.9. The quantitative estimate of drug-likeness (QED) is 0.728. The molecule has 2 amide bonds. The smallest absolute Gasteiger partial charge is 0.247 e. The van der Waals surface area contributed by atoms with E-state index >= 15 is 0 Å². The highest BCUT2D eigenvalue weighted by atomic mass is 16.3. The molecule has 18 heavy (non-hydrogen) atoms. The Morgan fingerprint density at radius 2 is 2.00 bits per heavy atom. The van der Waals surface area contributed by atoms with Crippen molar-refractivity contribution in [2.75, 3.05) is 20.1 Å². The van der Waals surface area contributed by atoms with E-state index in [1.165, 1.54) is 0 Å². The summed E-state index contributed by atoms with van der Waals surface area (Å²) >= 11 is 0. The van der Waals surface area contributed by atoms with E-state index in [0.29, 0.717) is 19.5 Å². The van der Waals surface area contributed by atoms with Crippen LogP contribution < -0.4 is 0 Å². The fourth-order valence-electron chi connectivity index (χ4n) is 3.03. The number of hydrogen-bond acceptors (Lipinski definition) is 3. The van der Waals surface area contributed by atoms with E-state index in [1.54, 1.807) is 30.7 Å². The first-order valence-electron chi connectivity index (χ1n) is 6.61. The Hall–Kier alpha value is -1.10. The van der Waals surface area contributed by atoms with E-state index in [4.69, 9.17) is 0 Å². The molecular formula is C13H22N2O3. The van der Waals surface area contributed by atoms with Crippen LogP contribution in [0.15, 0.2) is 0 Å². The molecule has 0 aromatic heterocycles. The van der Waals surface area contributed by atoms with Gasteiger partial charge >= 0.3 is 0 Å². The summed E-state index contributed by atoms with van der Waals surface area (Å²) < 4.78 is 0. The molecule has 2 unspecified atom stereocenters. The predicted molar refractivity (Wildman–Crippen MR) is 66.8 cm³/mol. The molecule has 2 aliphatic rings. The number of aliphatic hydroxyl groups excluding tert-OH is 1. The van der Waals surface area contributed by atoms with E-state index in [0.717, 1.165) is 12.8 Å². The van der Waals surface area contributed by atoms with Gasteiger partial charge in [-0.2, -0.15) is 0 Å². The van der Waals surface area contributed by atoms with Crippen LogP contribution in [0, 0.1) is 5.92 Å². The number of carbonyl (C=O) groups excluding carboxylic acids is 2. The summed E-state index contributed by atoms with van der Waals surface area (Å²) in [6, 6.07) is 0. The topological polar surface area (TPSA) is 60.9 Å². The third kappa shape index (κ3) is 2.00. The summed E-state index contributed by atoms with van der Waals surface area (Å²) in [5, 5.41) is 9.84. The molecule has 1 aliphatic heterocycles. The molecule has 102 valence electrons. The van der Waals surface area contributed by atoms with Gasteiger partial charge in [0.05, 0.1) is 12.0 Å². The summed E-state index contributed by atoms with van der Waals surface area (Å²) in [5.41, 5.74) is -0.799. The number of piperazine rings is 1. The molecule has 2 atom stereocenters. The van der Waals surface area contributed by atoms with Crippen molar-refractivity contribution in [3.8, 4) is 0 Å². The zero-order valence-corrected chi connectivity index (χ0v) is 11.3. The number of carbonyl (C=O) groups is 2. The monoisotopic (exact) mass is 254 g/mol. The second-order valence-electron chi connectivity index (χ2n) is 5.88. The maximum absolute atomic E-state index is 12.5. The van der Waals surface area contributed by atoms with Crippen molar-refractivity contribution in [2.45, 2.75) is 44.8 Å². The van der Waals surface area contributed by atoms with Gasteiger partial charge in [0.15, 0.2) is 0 Å². The van der Waals surface area contributed by atoms with Crippen LogP contribution in [0.1, 0.15) is 33.1 Å². The molecule has 2 fully saturated rings. The molecule has 5 nitrogen and oxygen atoms in total. The molecule has 1 N–H and O–H groups in total. The maximum Gasteiger partial charge on any atom is 0.247 e. The highest BCUT2D eigenvalue weighted by Crippen LogP contribution is 2.31. The number of rotatable bonds is 1. The molecule has 0 aromatic carbocycles. The lowest BCUT2D eigenvalue weighted by Gasteiger charge is -2.45. The van der Waals surface area contributed by atoms with Crippen molar-refractivity contribution < 1.29 is 14.7 Å². The lowest BCUT2D eigenvalue weighted by molar-refractivity contribution is -0.160. The zero-order valence-electron chi connectivity index (χ0n) is 11.3. The highest BCUT2D eigenvalue weighted by molar-refractivity contribution is 5.92. The molecule has 0 spiro atoms. The van der Waals surface area contributed by atoms with Gasteiger partial charge in [-0.25, -0.2) is 0 Å². The molecular weight excluding hydrogens is 232 g/mol. The Balaban J connectivity index is 2.17. The normalized spacial score (nSPS) is 31.9. The van der Waals surface area contributed by atoms with E-state index in [9.17, 15) is 14.7 Å². The standard InChI is InChI=1S/C13H22N2O3/c1-13(2)12(18)14(3)7-8-15(13)11(17)9-5-4-6-10(9)16/h9-10,16H,4-8H2,1-3H3. The third-order valence-corrected chi connectivity index (χ3v) is 4.27.